The van der Waals surface area contributed by atoms with Crippen molar-refractivity contribution < 1.29 is 19.5 Å². The number of carboxylic acids is 1. The number of rotatable bonds is 5. The van der Waals surface area contributed by atoms with Crippen molar-refractivity contribution in [3.05, 3.63) is 12.3 Å². The summed E-state index contributed by atoms with van der Waals surface area (Å²) < 4.78 is 1.77. The van der Waals surface area contributed by atoms with Gasteiger partial charge in [0.1, 0.15) is 11.9 Å². The number of hydrogen-bond donors (Lipinski definition) is 3. The van der Waals surface area contributed by atoms with Crippen LogP contribution in [0.5, 0.6) is 0 Å². The Morgan fingerprint density at radius 3 is 2.63 bits per heavy atom. The number of carbonyl (C=O) groups excluding carboxylic acids is 2. The Morgan fingerprint density at radius 1 is 1.22 bits per heavy atom. The molecule has 148 valence electrons. The number of urea groups is 1. The molecule has 1 aromatic heterocycles. The number of aliphatic carboxylic acids is 1. The molecule has 3 rings (SSSR count). The molecule has 9 heteroatoms. The lowest BCUT2D eigenvalue weighted by molar-refractivity contribution is -0.142. The molecule has 1 aliphatic carbocycles. The van der Waals surface area contributed by atoms with Crippen LogP contribution < -0.4 is 15.5 Å². The predicted molar refractivity (Wildman–Crippen MR) is 98.3 cm³/mol. The SMILES string of the molecule is CCn1nccc1N1CCCC(NC(=O)NC2CCC(C(=O)O)CC2)C1=O. The molecule has 2 fully saturated rings. The second-order valence-electron chi connectivity index (χ2n) is 7.19. The Bertz CT molecular complexity index is 696. The average molecular weight is 377 g/mol. The molecule has 2 heterocycles. The maximum Gasteiger partial charge on any atom is 0.315 e. The van der Waals surface area contributed by atoms with Crippen molar-refractivity contribution in [2.75, 3.05) is 11.4 Å². The lowest BCUT2D eigenvalue weighted by Crippen LogP contribution is -2.56. The summed E-state index contributed by atoms with van der Waals surface area (Å²) in [5.41, 5.74) is 0. The van der Waals surface area contributed by atoms with Crippen molar-refractivity contribution in [1.29, 1.82) is 0 Å². The van der Waals surface area contributed by atoms with E-state index in [1.807, 2.05) is 13.0 Å². The number of piperidine rings is 1. The van der Waals surface area contributed by atoms with E-state index in [1.54, 1.807) is 15.8 Å². The number of nitrogens with zero attached hydrogens (tertiary/aromatic N) is 3. The molecule has 0 radical (unpaired) electrons. The van der Waals surface area contributed by atoms with E-state index in [0.717, 1.165) is 12.2 Å². The maximum absolute atomic E-state index is 12.8. The summed E-state index contributed by atoms with van der Waals surface area (Å²) in [7, 11) is 0. The van der Waals surface area contributed by atoms with Gasteiger partial charge >= 0.3 is 12.0 Å². The summed E-state index contributed by atoms with van der Waals surface area (Å²) in [5.74, 6) is -0.456. The quantitative estimate of drug-likeness (QED) is 0.716. The monoisotopic (exact) mass is 377 g/mol. The van der Waals surface area contributed by atoms with Gasteiger partial charge in [0.2, 0.25) is 0 Å². The predicted octanol–water partition coefficient (Wildman–Crippen LogP) is 1.34. The summed E-state index contributed by atoms with van der Waals surface area (Å²) in [6.45, 7) is 3.25. The topological polar surface area (TPSA) is 117 Å². The van der Waals surface area contributed by atoms with Gasteiger partial charge in [0, 0.05) is 25.2 Å². The minimum Gasteiger partial charge on any atom is -0.481 e. The van der Waals surface area contributed by atoms with Gasteiger partial charge in [-0.1, -0.05) is 0 Å². The fraction of sp³-hybridized carbons (Fsp3) is 0.667. The van der Waals surface area contributed by atoms with Crippen molar-refractivity contribution in [1.82, 2.24) is 20.4 Å². The van der Waals surface area contributed by atoms with E-state index < -0.39 is 12.0 Å². The van der Waals surface area contributed by atoms with E-state index in [-0.39, 0.29) is 23.9 Å². The van der Waals surface area contributed by atoms with Crippen LogP contribution in [0.4, 0.5) is 10.6 Å². The van der Waals surface area contributed by atoms with Gasteiger partial charge in [-0.25, -0.2) is 9.48 Å². The van der Waals surface area contributed by atoms with Crippen molar-refractivity contribution in [2.45, 2.75) is 64.1 Å². The zero-order chi connectivity index (χ0) is 19.4. The Kier molecular flexibility index (Phi) is 5.98. The Labute approximate surface area is 158 Å². The first-order valence-corrected chi connectivity index (χ1v) is 9.62. The molecule has 0 aromatic carbocycles. The van der Waals surface area contributed by atoms with E-state index in [4.69, 9.17) is 5.11 Å². The molecule has 1 saturated carbocycles. The summed E-state index contributed by atoms with van der Waals surface area (Å²) in [4.78, 5) is 37.8. The first kappa shape index (κ1) is 19.2. The maximum atomic E-state index is 12.8. The highest BCUT2D eigenvalue weighted by molar-refractivity contribution is 5.99. The number of anilines is 1. The van der Waals surface area contributed by atoms with Crippen LogP contribution in [0.25, 0.3) is 0 Å². The van der Waals surface area contributed by atoms with E-state index >= 15 is 0 Å². The van der Waals surface area contributed by atoms with Crippen molar-refractivity contribution in [3.8, 4) is 0 Å². The molecule has 27 heavy (non-hydrogen) atoms. The van der Waals surface area contributed by atoms with E-state index in [9.17, 15) is 14.4 Å². The lowest BCUT2D eigenvalue weighted by atomic mass is 9.86. The minimum absolute atomic E-state index is 0.0445. The smallest absolute Gasteiger partial charge is 0.315 e. The largest absolute Gasteiger partial charge is 0.481 e. The minimum atomic E-state index is -0.767. The van der Waals surface area contributed by atoms with Gasteiger partial charge in [0.25, 0.3) is 5.91 Å². The molecule has 3 N–H and O–H groups in total. The Morgan fingerprint density at radius 2 is 1.96 bits per heavy atom. The molecular formula is C18H27N5O4. The number of amides is 3. The van der Waals surface area contributed by atoms with Crippen molar-refractivity contribution in [2.24, 2.45) is 5.92 Å². The molecule has 0 spiro atoms. The molecule has 3 amide bonds. The van der Waals surface area contributed by atoms with Crippen molar-refractivity contribution >= 4 is 23.7 Å². The van der Waals surface area contributed by atoms with Crippen LogP contribution in [-0.2, 0) is 16.1 Å². The molecule has 1 unspecified atom stereocenters. The highest BCUT2D eigenvalue weighted by Gasteiger charge is 2.33. The Balaban J connectivity index is 1.53. The first-order chi connectivity index (χ1) is 13.0. The highest BCUT2D eigenvalue weighted by Crippen LogP contribution is 2.24. The third kappa shape index (κ3) is 4.40. The van der Waals surface area contributed by atoms with Gasteiger partial charge in [-0.2, -0.15) is 5.10 Å². The first-order valence-electron chi connectivity index (χ1n) is 9.62. The Hall–Kier alpha value is -2.58. The van der Waals surface area contributed by atoms with Gasteiger partial charge in [-0.3, -0.25) is 14.5 Å². The van der Waals surface area contributed by atoms with Gasteiger partial charge in [-0.15, -0.1) is 0 Å². The van der Waals surface area contributed by atoms with Crippen LogP contribution in [0, 0.1) is 5.92 Å². The summed E-state index contributed by atoms with van der Waals surface area (Å²) in [5, 5.41) is 18.9. The number of aromatic nitrogens is 2. The molecule has 1 aromatic rings. The van der Waals surface area contributed by atoms with Gasteiger partial charge in [-0.05, 0) is 45.4 Å². The zero-order valence-corrected chi connectivity index (χ0v) is 15.6. The third-order valence-electron chi connectivity index (χ3n) is 5.43. The van der Waals surface area contributed by atoms with Crippen LogP contribution in [0.1, 0.15) is 45.4 Å². The van der Waals surface area contributed by atoms with Gasteiger partial charge < -0.3 is 15.7 Å². The molecule has 1 saturated heterocycles. The third-order valence-corrected chi connectivity index (χ3v) is 5.43. The number of nitrogens with one attached hydrogen (secondary N) is 2. The van der Waals surface area contributed by atoms with Crippen LogP contribution >= 0.6 is 0 Å². The standard InChI is InChI=1S/C18H27N5O4/c1-2-23-15(9-10-19-23)22-11-3-4-14(16(22)24)21-18(27)20-13-7-5-12(6-8-13)17(25)26/h9-10,12-14H,2-8,11H2,1H3,(H,25,26)(H2,20,21,27). The molecule has 9 nitrogen and oxygen atoms in total. The van der Waals surface area contributed by atoms with E-state index in [2.05, 4.69) is 15.7 Å². The van der Waals surface area contributed by atoms with Crippen LogP contribution in [0.2, 0.25) is 0 Å². The highest BCUT2D eigenvalue weighted by atomic mass is 16.4. The molecule has 0 bridgehead atoms. The second kappa shape index (κ2) is 8.41. The van der Waals surface area contributed by atoms with Gasteiger partial charge in [0.15, 0.2) is 0 Å². The summed E-state index contributed by atoms with van der Waals surface area (Å²) >= 11 is 0. The second-order valence-corrected chi connectivity index (χ2v) is 7.19. The molecule has 1 aliphatic heterocycles. The number of carboxylic acid groups (broad SMARTS) is 1. The summed E-state index contributed by atoms with van der Waals surface area (Å²) in [6.07, 6.45) is 5.50. The van der Waals surface area contributed by atoms with Crippen LogP contribution in [-0.4, -0.2) is 51.4 Å². The van der Waals surface area contributed by atoms with Crippen LogP contribution in [0.15, 0.2) is 12.3 Å². The molecule has 2 aliphatic rings. The molecular weight excluding hydrogens is 350 g/mol. The number of carbonyl (C=O) groups is 3. The fourth-order valence-electron chi connectivity index (χ4n) is 3.91. The zero-order valence-electron chi connectivity index (χ0n) is 15.6. The van der Waals surface area contributed by atoms with Crippen LogP contribution in [0.3, 0.4) is 0 Å². The fourth-order valence-corrected chi connectivity index (χ4v) is 3.91. The molecule has 1 atom stereocenters. The number of aryl methyl sites for hydroxylation is 1. The van der Waals surface area contributed by atoms with Gasteiger partial charge in [0.05, 0.1) is 12.1 Å². The average Bonchev–Trinajstić information content (AvgIpc) is 3.12. The normalized spacial score (nSPS) is 25.9. The van der Waals surface area contributed by atoms with E-state index in [1.165, 1.54) is 0 Å². The summed E-state index contributed by atoms with van der Waals surface area (Å²) in [6, 6.07) is 0.842. The lowest BCUT2D eigenvalue weighted by Gasteiger charge is -2.33. The van der Waals surface area contributed by atoms with Crippen molar-refractivity contribution in [3.63, 3.8) is 0 Å². The number of hydrogen-bond acceptors (Lipinski definition) is 4. The van der Waals surface area contributed by atoms with E-state index in [0.29, 0.717) is 45.2 Å².